The van der Waals surface area contributed by atoms with Gasteiger partial charge in [-0.3, -0.25) is 4.79 Å². The molecule has 4 heteroatoms. The first-order chi connectivity index (χ1) is 3.68. The van der Waals surface area contributed by atoms with Crippen LogP contribution in [0.4, 0.5) is 0 Å². The topological polar surface area (TPSA) is 43.1 Å². The minimum atomic E-state index is -0.237. The number of halogens is 1. The SMILES string of the molecule is CC(CCS)C(N)=O.Cl. The Labute approximate surface area is 67.0 Å². The van der Waals surface area contributed by atoms with Crippen molar-refractivity contribution < 1.29 is 4.79 Å². The van der Waals surface area contributed by atoms with E-state index in [1.807, 2.05) is 0 Å². The van der Waals surface area contributed by atoms with Gasteiger partial charge >= 0.3 is 0 Å². The van der Waals surface area contributed by atoms with E-state index in [1.54, 1.807) is 6.92 Å². The van der Waals surface area contributed by atoms with Crippen LogP contribution in [-0.4, -0.2) is 11.7 Å². The van der Waals surface area contributed by atoms with Gasteiger partial charge in [0.15, 0.2) is 0 Å². The summed E-state index contributed by atoms with van der Waals surface area (Å²) >= 11 is 3.95. The van der Waals surface area contributed by atoms with E-state index in [4.69, 9.17) is 5.73 Å². The number of nitrogens with two attached hydrogens (primary N) is 1. The first kappa shape index (κ1) is 11.9. The van der Waals surface area contributed by atoms with Gasteiger partial charge in [-0.2, -0.15) is 12.6 Å². The van der Waals surface area contributed by atoms with Crippen LogP contribution in [-0.2, 0) is 4.79 Å². The summed E-state index contributed by atoms with van der Waals surface area (Å²) in [7, 11) is 0. The maximum Gasteiger partial charge on any atom is 0.220 e. The van der Waals surface area contributed by atoms with E-state index in [0.717, 1.165) is 12.2 Å². The highest BCUT2D eigenvalue weighted by Crippen LogP contribution is 2.00. The number of thiol groups is 1. The van der Waals surface area contributed by atoms with Gasteiger partial charge in [-0.15, -0.1) is 12.4 Å². The van der Waals surface area contributed by atoms with E-state index >= 15 is 0 Å². The summed E-state index contributed by atoms with van der Waals surface area (Å²) in [5.74, 6) is 0.468. The van der Waals surface area contributed by atoms with E-state index in [2.05, 4.69) is 12.6 Å². The molecule has 0 bridgehead atoms. The minimum Gasteiger partial charge on any atom is -0.369 e. The lowest BCUT2D eigenvalue weighted by molar-refractivity contribution is -0.121. The molecule has 2 nitrogen and oxygen atoms in total. The van der Waals surface area contributed by atoms with Crippen LogP contribution in [0.3, 0.4) is 0 Å². The summed E-state index contributed by atoms with van der Waals surface area (Å²) in [6.45, 7) is 1.80. The lowest BCUT2D eigenvalue weighted by Gasteiger charge is -2.01. The summed E-state index contributed by atoms with van der Waals surface area (Å²) in [6.07, 6.45) is 0.776. The van der Waals surface area contributed by atoms with Crippen LogP contribution in [0.5, 0.6) is 0 Å². The molecule has 0 saturated heterocycles. The molecule has 9 heavy (non-hydrogen) atoms. The molecule has 0 rings (SSSR count). The van der Waals surface area contributed by atoms with Gasteiger partial charge in [0.05, 0.1) is 0 Å². The van der Waals surface area contributed by atoms with Crippen molar-refractivity contribution in [2.24, 2.45) is 11.7 Å². The van der Waals surface area contributed by atoms with E-state index in [1.165, 1.54) is 0 Å². The zero-order valence-electron chi connectivity index (χ0n) is 5.33. The smallest absolute Gasteiger partial charge is 0.220 e. The van der Waals surface area contributed by atoms with Crippen molar-refractivity contribution in [1.29, 1.82) is 0 Å². The van der Waals surface area contributed by atoms with Crippen LogP contribution in [0.2, 0.25) is 0 Å². The quantitative estimate of drug-likeness (QED) is 0.605. The first-order valence-corrected chi connectivity index (χ1v) is 3.22. The Balaban J connectivity index is 0. The van der Waals surface area contributed by atoms with Crippen molar-refractivity contribution in [3.63, 3.8) is 0 Å². The number of amides is 1. The van der Waals surface area contributed by atoms with Gasteiger partial charge in [0, 0.05) is 5.92 Å². The maximum absolute atomic E-state index is 10.3. The number of carbonyl (C=O) groups is 1. The molecule has 0 aliphatic rings. The van der Waals surface area contributed by atoms with Crippen LogP contribution in [0, 0.1) is 5.92 Å². The lowest BCUT2D eigenvalue weighted by atomic mass is 10.1. The molecule has 0 saturated carbocycles. The van der Waals surface area contributed by atoms with Crippen LogP contribution >= 0.6 is 25.0 Å². The van der Waals surface area contributed by atoms with E-state index in [0.29, 0.717) is 0 Å². The normalized spacial score (nSPS) is 11.8. The Morgan fingerprint density at radius 1 is 1.78 bits per heavy atom. The third-order valence-electron chi connectivity index (χ3n) is 1.05. The fraction of sp³-hybridized carbons (Fsp3) is 0.800. The second kappa shape index (κ2) is 6.23. The molecule has 0 fully saturated rings. The fourth-order valence-electron chi connectivity index (χ4n) is 0.336. The zero-order chi connectivity index (χ0) is 6.57. The average Bonchev–Trinajstić information content (AvgIpc) is 1.67. The van der Waals surface area contributed by atoms with Gasteiger partial charge in [-0.1, -0.05) is 6.92 Å². The minimum absolute atomic E-state index is 0. The van der Waals surface area contributed by atoms with Crippen molar-refractivity contribution in [1.82, 2.24) is 0 Å². The molecular weight excluding hydrogens is 158 g/mol. The van der Waals surface area contributed by atoms with Gasteiger partial charge in [-0.25, -0.2) is 0 Å². The molecule has 1 amide bonds. The predicted molar refractivity (Wildman–Crippen MR) is 44.1 cm³/mol. The number of carbonyl (C=O) groups excluding carboxylic acids is 1. The second-order valence-corrected chi connectivity index (χ2v) is 2.26. The van der Waals surface area contributed by atoms with Crippen LogP contribution in [0.15, 0.2) is 0 Å². The third-order valence-corrected chi connectivity index (χ3v) is 1.31. The standard InChI is InChI=1S/C5H11NOS.ClH/c1-4(2-3-8)5(6)7;/h4,8H,2-3H2,1H3,(H2,6,7);1H. The Morgan fingerprint density at radius 2 is 2.22 bits per heavy atom. The Kier molecular flexibility index (Phi) is 8.21. The fourth-order valence-corrected chi connectivity index (χ4v) is 0.723. The molecule has 0 aromatic heterocycles. The zero-order valence-corrected chi connectivity index (χ0v) is 7.04. The Bertz CT molecular complexity index is 89.0. The summed E-state index contributed by atoms with van der Waals surface area (Å²) < 4.78 is 0. The van der Waals surface area contributed by atoms with Crippen LogP contribution in [0.1, 0.15) is 13.3 Å². The van der Waals surface area contributed by atoms with Crippen molar-refractivity contribution >= 4 is 30.9 Å². The largest absolute Gasteiger partial charge is 0.369 e. The highest BCUT2D eigenvalue weighted by Gasteiger charge is 2.05. The van der Waals surface area contributed by atoms with Gasteiger partial charge < -0.3 is 5.73 Å². The average molecular weight is 170 g/mol. The molecule has 1 unspecified atom stereocenters. The van der Waals surface area contributed by atoms with Gasteiger partial charge in [0.25, 0.3) is 0 Å². The van der Waals surface area contributed by atoms with Crippen molar-refractivity contribution in [2.45, 2.75) is 13.3 Å². The summed E-state index contributed by atoms with van der Waals surface area (Å²) in [5, 5.41) is 0. The Morgan fingerprint density at radius 3 is 2.33 bits per heavy atom. The van der Waals surface area contributed by atoms with Crippen molar-refractivity contribution in [3.8, 4) is 0 Å². The van der Waals surface area contributed by atoms with E-state index < -0.39 is 0 Å². The molecular formula is C5H12ClNOS. The summed E-state index contributed by atoms with van der Waals surface area (Å²) in [4.78, 5) is 10.3. The molecule has 0 aromatic carbocycles. The lowest BCUT2D eigenvalue weighted by Crippen LogP contribution is -2.20. The third kappa shape index (κ3) is 5.99. The van der Waals surface area contributed by atoms with Crippen molar-refractivity contribution in [2.75, 3.05) is 5.75 Å². The number of hydrogen-bond acceptors (Lipinski definition) is 2. The number of hydrogen-bond donors (Lipinski definition) is 2. The van der Waals surface area contributed by atoms with Crippen LogP contribution < -0.4 is 5.73 Å². The summed E-state index contributed by atoms with van der Waals surface area (Å²) in [5.41, 5.74) is 4.95. The van der Waals surface area contributed by atoms with Crippen molar-refractivity contribution in [3.05, 3.63) is 0 Å². The maximum atomic E-state index is 10.3. The molecule has 0 aromatic rings. The van der Waals surface area contributed by atoms with E-state index in [9.17, 15) is 4.79 Å². The second-order valence-electron chi connectivity index (χ2n) is 1.82. The molecule has 56 valence electrons. The molecule has 0 aliphatic heterocycles. The molecule has 0 aliphatic carbocycles. The monoisotopic (exact) mass is 169 g/mol. The summed E-state index contributed by atoms with van der Waals surface area (Å²) in [6, 6.07) is 0. The predicted octanol–water partition coefficient (Wildman–Crippen LogP) is 0.849. The Hall–Kier alpha value is 0.110. The molecule has 0 heterocycles. The molecule has 2 N–H and O–H groups in total. The molecule has 0 spiro atoms. The highest BCUT2D eigenvalue weighted by atomic mass is 35.5. The van der Waals surface area contributed by atoms with Crippen LogP contribution in [0.25, 0.3) is 0 Å². The van der Waals surface area contributed by atoms with E-state index in [-0.39, 0.29) is 24.2 Å². The molecule has 1 atom stereocenters. The van der Waals surface area contributed by atoms with Gasteiger partial charge in [-0.05, 0) is 12.2 Å². The number of primary amides is 1. The van der Waals surface area contributed by atoms with Gasteiger partial charge in [0.2, 0.25) is 5.91 Å². The number of rotatable bonds is 3. The first-order valence-electron chi connectivity index (χ1n) is 2.58. The highest BCUT2D eigenvalue weighted by molar-refractivity contribution is 7.80. The molecule has 0 radical (unpaired) electrons. The van der Waals surface area contributed by atoms with Gasteiger partial charge in [0.1, 0.15) is 0 Å².